The highest BCUT2D eigenvalue weighted by Crippen LogP contribution is 2.34. The van der Waals surface area contributed by atoms with E-state index in [-0.39, 0.29) is 36.1 Å². The summed E-state index contributed by atoms with van der Waals surface area (Å²) in [6.45, 7) is 0.497. The molecule has 0 bridgehead atoms. The maximum atomic E-state index is 14.1. The second-order valence-electron chi connectivity index (χ2n) is 11.3. The van der Waals surface area contributed by atoms with Gasteiger partial charge in [-0.05, 0) is 47.9 Å². The first kappa shape index (κ1) is 29.6. The highest BCUT2D eigenvalue weighted by atomic mass is 16.2. The van der Waals surface area contributed by atoms with Crippen molar-refractivity contribution in [2.24, 2.45) is 23.3 Å². The van der Waals surface area contributed by atoms with E-state index in [1.807, 2.05) is 42.5 Å². The number of benzene rings is 2. The van der Waals surface area contributed by atoms with Gasteiger partial charge in [0.05, 0.1) is 11.6 Å². The summed E-state index contributed by atoms with van der Waals surface area (Å²) < 4.78 is 0. The molecule has 1 saturated heterocycles. The van der Waals surface area contributed by atoms with Gasteiger partial charge in [-0.2, -0.15) is 0 Å². The SMILES string of the molecule is NC(=O)c1nccnc1[C@H](Cc1cccc2ccccc12)C(=O)N[C@@H](CC1CC1)C(=O)N[C@@H](C[C@@H]1CCNC1=O)C(N)=O. The van der Waals surface area contributed by atoms with Crippen molar-refractivity contribution in [2.45, 2.75) is 56.5 Å². The Morgan fingerprint density at radius 3 is 2.30 bits per heavy atom. The van der Waals surface area contributed by atoms with Gasteiger partial charge in [0.25, 0.3) is 5.91 Å². The van der Waals surface area contributed by atoms with Crippen LogP contribution in [0, 0.1) is 11.8 Å². The fourth-order valence-electron chi connectivity index (χ4n) is 5.66. The van der Waals surface area contributed by atoms with Crippen molar-refractivity contribution < 1.29 is 24.0 Å². The quantitative estimate of drug-likeness (QED) is 0.196. The maximum Gasteiger partial charge on any atom is 0.269 e. The summed E-state index contributed by atoms with van der Waals surface area (Å²) in [7, 11) is 0. The van der Waals surface area contributed by atoms with E-state index in [2.05, 4.69) is 25.9 Å². The van der Waals surface area contributed by atoms with Gasteiger partial charge in [0.2, 0.25) is 23.6 Å². The number of primary amides is 2. The predicted octanol–water partition coefficient (Wildman–Crippen LogP) is 0.836. The van der Waals surface area contributed by atoms with Crippen LogP contribution >= 0.6 is 0 Å². The Morgan fingerprint density at radius 2 is 1.60 bits per heavy atom. The van der Waals surface area contributed by atoms with Crippen molar-refractivity contribution in [3.63, 3.8) is 0 Å². The second-order valence-corrected chi connectivity index (χ2v) is 11.3. The molecule has 7 N–H and O–H groups in total. The molecule has 0 spiro atoms. The number of nitrogens with two attached hydrogens (primary N) is 2. The molecule has 12 nitrogen and oxygen atoms in total. The van der Waals surface area contributed by atoms with Gasteiger partial charge >= 0.3 is 0 Å². The van der Waals surface area contributed by atoms with E-state index in [4.69, 9.17) is 11.5 Å². The minimum absolute atomic E-state index is 0.0717. The molecular formula is C31H35N7O5. The molecule has 3 aromatic rings. The average molecular weight is 586 g/mol. The number of carbonyl (C=O) groups is 5. The number of amides is 5. The molecule has 2 aromatic carbocycles. The molecular weight excluding hydrogens is 550 g/mol. The first-order chi connectivity index (χ1) is 20.7. The third-order valence-corrected chi connectivity index (χ3v) is 8.15. The van der Waals surface area contributed by atoms with E-state index in [0.29, 0.717) is 19.4 Å². The van der Waals surface area contributed by atoms with Crippen LogP contribution in [0.15, 0.2) is 54.9 Å². The molecule has 2 aliphatic rings. The first-order valence-corrected chi connectivity index (χ1v) is 14.5. The van der Waals surface area contributed by atoms with E-state index in [1.54, 1.807) is 0 Å². The zero-order valence-electron chi connectivity index (χ0n) is 23.6. The van der Waals surface area contributed by atoms with Gasteiger partial charge in [-0.3, -0.25) is 29.0 Å². The summed E-state index contributed by atoms with van der Waals surface area (Å²) in [5.41, 5.74) is 12.0. The summed E-state index contributed by atoms with van der Waals surface area (Å²) in [4.78, 5) is 72.7. The lowest BCUT2D eigenvalue weighted by atomic mass is 9.90. The maximum absolute atomic E-state index is 14.1. The Balaban J connectivity index is 1.42. The first-order valence-electron chi connectivity index (χ1n) is 14.5. The van der Waals surface area contributed by atoms with Crippen molar-refractivity contribution in [3.8, 4) is 0 Å². The monoisotopic (exact) mass is 585 g/mol. The Labute approximate surface area is 248 Å². The Hall–Kier alpha value is -4.87. The number of fused-ring (bicyclic) bond motifs is 1. The van der Waals surface area contributed by atoms with Crippen molar-refractivity contribution in [1.82, 2.24) is 25.9 Å². The van der Waals surface area contributed by atoms with Crippen LogP contribution in [0.25, 0.3) is 10.8 Å². The summed E-state index contributed by atoms with van der Waals surface area (Å²) in [5.74, 6) is -4.10. The summed E-state index contributed by atoms with van der Waals surface area (Å²) in [6.07, 6.45) is 5.67. The molecule has 5 amide bonds. The molecule has 1 saturated carbocycles. The Bertz CT molecular complexity index is 1550. The number of aromatic nitrogens is 2. The van der Waals surface area contributed by atoms with Gasteiger partial charge < -0.3 is 27.4 Å². The van der Waals surface area contributed by atoms with Gasteiger partial charge in [0.1, 0.15) is 17.8 Å². The number of carbonyl (C=O) groups excluding carboxylic acids is 5. The molecule has 0 radical (unpaired) electrons. The van der Waals surface area contributed by atoms with Crippen LogP contribution in [0.3, 0.4) is 0 Å². The van der Waals surface area contributed by atoms with Crippen LogP contribution < -0.4 is 27.4 Å². The average Bonchev–Trinajstić information content (AvgIpc) is 3.73. The molecule has 224 valence electrons. The van der Waals surface area contributed by atoms with Crippen LogP contribution in [0.1, 0.15) is 59.8 Å². The van der Waals surface area contributed by atoms with Crippen molar-refractivity contribution in [1.29, 1.82) is 0 Å². The predicted molar refractivity (Wildman–Crippen MR) is 157 cm³/mol. The van der Waals surface area contributed by atoms with Crippen LogP contribution in [-0.2, 0) is 25.6 Å². The van der Waals surface area contributed by atoms with Gasteiger partial charge in [-0.25, -0.2) is 4.98 Å². The lowest BCUT2D eigenvalue weighted by Gasteiger charge is -2.25. The largest absolute Gasteiger partial charge is 0.368 e. The minimum atomic E-state index is -1.08. The van der Waals surface area contributed by atoms with Crippen molar-refractivity contribution in [2.75, 3.05) is 6.54 Å². The highest BCUT2D eigenvalue weighted by Gasteiger charge is 2.37. The summed E-state index contributed by atoms with van der Waals surface area (Å²) in [5, 5.41) is 10.2. The van der Waals surface area contributed by atoms with Crippen molar-refractivity contribution >= 4 is 40.3 Å². The number of hydrogen-bond acceptors (Lipinski definition) is 7. The smallest absolute Gasteiger partial charge is 0.269 e. The van der Waals surface area contributed by atoms with Crippen molar-refractivity contribution in [3.05, 3.63) is 71.8 Å². The second kappa shape index (κ2) is 13.0. The Morgan fingerprint density at radius 1 is 0.884 bits per heavy atom. The van der Waals surface area contributed by atoms with E-state index >= 15 is 0 Å². The lowest BCUT2D eigenvalue weighted by molar-refractivity contribution is -0.132. The topological polar surface area (TPSA) is 199 Å². The summed E-state index contributed by atoms with van der Waals surface area (Å²) >= 11 is 0. The van der Waals surface area contributed by atoms with Crippen LogP contribution in [0.2, 0.25) is 0 Å². The molecule has 4 atom stereocenters. The molecule has 1 aliphatic carbocycles. The molecule has 43 heavy (non-hydrogen) atoms. The van der Waals surface area contributed by atoms with Gasteiger partial charge in [-0.15, -0.1) is 0 Å². The van der Waals surface area contributed by atoms with E-state index in [1.165, 1.54) is 12.4 Å². The molecule has 12 heteroatoms. The van der Waals surface area contributed by atoms with Gasteiger partial charge in [0, 0.05) is 24.9 Å². The third-order valence-electron chi connectivity index (χ3n) is 8.15. The van der Waals surface area contributed by atoms with Gasteiger partial charge in [0.15, 0.2) is 0 Å². The lowest BCUT2D eigenvalue weighted by Crippen LogP contribution is -2.54. The number of rotatable bonds is 13. The van der Waals surface area contributed by atoms with E-state index in [0.717, 1.165) is 29.2 Å². The molecule has 1 aromatic heterocycles. The van der Waals surface area contributed by atoms with Crippen LogP contribution in [-0.4, -0.2) is 58.1 Å². The number of nitrogens with zero attached hydrogens (tertiary/aromatic N) is 2. The third kappa shape index (κ3) is 7.14. The van der Waals surface area contributed by atoms with E-state index < -0.39 is 47.5 Å². The zero-order chi connectivity index (χ0) is 30.5. The Kier molecular flexibility index (Phi) is 8.93. The zero-order valence-corrected chi connectivity index (χ0v) is 23.6. The molecule has 2 fully saturated rings. The van der Waals surface area contributed by atoms with E-state index in [9.17, 15) is 24.0 Å². The number of nitrogens with one attached hydrogen (secondary N) is 3. The molecule has 2 heterocycles. The molecule has 1 aliphatic heterocycles. The van der Waals surface area contributed by atoms with Crippen LogP contribution in [0.5, 0.6) is 0 Å². The number of hydrogen-bond donors (Lipinski definition) is 5. The standard InChI is InChI=1S/C31H35N7O5/c32-27(39)23(16-20-10-11-36-29(20)41)37-31(43)24(14-17-8-9-17)38-30(42)22(25-26(28(33)40)35-13-12-34-25)15-19-6-3-5-18-4-1-2-7-21(18)19/h1-7,12-13,17,20,22-24H,8-11,14-16H2,(H2,32,39)(H2,33,40)(H,36,41)(H,37,43)(H,38,42)/t20-,22-,23-,24-/m0/s1. The fraction of sp³-hybridized carbons (Fsp3) is 0.387. The normalized spacial score (nSPS) is 18.3. The summed E-state index contributed by atoms with van der Waals surface area (Å²) in [6, 6.07) is 11.4. The molecule has 0 unspecified atom stereocenters. The fourth-order valence-corrected chi connectivity index (χ4v) is 5.66. The molecule has 5 rings (SSSR count). The van der Waals surface area contributed by atoms with Crippen LogP contribution in [0.4, 0.5) is 0 Å². The minimum Gasteiger partial charge on any atom is -0.368 e. The van der Waals surface area contributed by atoms with Gasteiger partial charge in [-0.1, -0.05) is 55.3 Å². The highest BCUT2D eigenvalue weighted by molar-refractivity contribution is 5.97.